The van der Waals surface area contributed by atoms with E-state index in [0.717, 1.165) is 4.31 Å². The van der Waals surface area contributed by atoms with Crippen LogP contribution in [0, 0.1) is 0 Å². The largest absolute Gasteiger partial charge is 0.497 e. The summed E-state index contributed by atoms with van der Waals surface area (Å²) in [5.74, 6) is -0.0504. The highest BCUT2D eigenvalue weighted by Gasteiger charge is 2.33. The fourth-order valence-electron chi connectivity index (χ4n) is 4.06. The molecule has 0 fully saturated rings. The number of amides is 2. The Bertz CT molecular complexity index is 1420. The molecule has 0 aromatic heterocycles. The maximum absolute atomic E-state index is 14.0. The zero-order chi connectivity index (χ0) is 29.3. The molecule has 0 radical (unpaired) electrons. The molecule has 0 unspecified atom stereocenters. The SMILES string of the molecule is CCNC(=O)[C@H](C)N(Cc1cccc(OC)c1)C(=O)CN(c1ccccc1OCC)S(=O)(=O)c1ccc(Cl)cc1. The molecule has 1 N–H and O–H groups in total. The second-order valence-corrected chi connectivity index (χ2v) is 11.1. The number of carbonyl (C=O) groups is 2. The van der Waals surface area contributed by atoms with Crippen LogP contribution in [-0.4, -0.2) is 58.0 Å². The molecule has 40 heavy (non-hydrogen) atoms. The number of halogens is 1. The number of hydrogen-bond acceptors (Lipinski definition) is 6. The second-order valence-electron chi connectivity index (χ2n) is 8.81. The van der Waals surface area contributed by atoms with Crippen molar-refractivity contribution in [1.29, 1.82) is 0 Å². The van der Waals surface area contributed by atoms with Crippen LogP contribution in [0.3, 0.4) is 0 Å². The topological polar surface area (TPSA) is 105 Å². The maximum atomic E-state index is 14.0. The number of likely N-dealkylation sites (N-methyl/N-ethyl adjacent to an activating group) is 1. The average Bonchev–Trinajstić information content (AvgIpc) is 2.95. The Hall–Kier alpha value is -3.76. The number of ether oxygens (including phenoxy) is 2. The first-order valence-corrected chi connectivity index (χ1v) is 14.6. The first-order chi connectivity index (χ1) is 19.1. The molecule has 3 aromatic rings. The number of anilines is 1. The number of hydrogen-bond donors (Lipinski definition) is 1. The van der Waals surface area contributed by atoms with Crippen LogP contribution in [0.25, 0.3) is 0 Å². The molecule has 0 saturated carbocycles. The van der Waals surface area contributed by atoms with E-state index in [9.17, 15) is 18.0 Å². The van der Waals surface area contributed by atoms with Crippen LogP contribution in [0.4, 0.5) is 5.69 Å². The summed E-state index contributed by atoms with van der Waals surface area (Å²) in [6.07, 6.45) is 0. The van der Waals surface area contributed by atoms with Crippen molar-refractivity contribution < 1.29 is 27.5 Å². The molecule has 214 valence electrons. The van der Waals surface area contributed by atoms with Gasteiger partial charge in [-0.15, -0.1) is 0 Å². The third-order valence-corrected chi connectivity index (χ3v) is 8.15. The van der Waals surface area contributed by atoms with Gasteiger partial charge < -0.3 is 19.7 Å². The number of rotatable bonds is 13. The lowest BCUT2D eigenvalue weighted by Crippen LogP contribution is -2.51. The van der Waals surface area contributed by atoms with Gasteiger partial charge >= 0.3 is 0 Å². The summed E-state index contributed by atoms with van der Waals surface area (Å²) in [5, 5.41) is 3.11. The summed E-state index contributed by atoms with van der Waals surface area (Å²) in [7, 11) is -2.72. The molecule has 2 amide bonds. The van der Waals surface area contributed by atoms with Crippen molar-refractivity contribution >= 4 is 39.1 Å². The second kappa shape index (κ2) is 14.0. The van der Waals surface area contributed by atoms with Crippen molar-refractivity contribution in [2.45, 2.75) is 38.3 Å². The Balaban J connectivity index is 2.08. The van der Waals surface area contributed by atoms with E-state index in [1.807, 2.05) is 0 Å². The smallest absolute Gasteiger partial charge is 0.264 e. The molecule has 3 rings (SSSR count). The van der Waals surface area contributed by atoms with Crippen molar-refractivity contribution in [1.82, 2.24) is 10.2 Å². The summed E-state index contributed by atoms with van der Waals surface area (Å²) >= 11 is 6.00. The Morgan fingerprint density at radius 3 is 2.35 bits per heavy atom. The minimum absolute atomic E-state index is 0.0490. The molecule has 0 aliphatic rings. The van der Waals surface area contributed by atoms with Gasteiger partial charge in [-0.2, -0.15) is 0 Å². The summed E-state index contributed by atoms with van der Waals surface area (Å²) in [6, 6.07) is 18.5. The molecule has 9 nitrogen and oxygen atoms in total. The van der Waals surface area contributed by atoms with Crippen LogP contribution in [0.15, 0.2) is 77.7 Å². The molecular formula is C29H34ClN3O6S. The van der Waals surface area contributed by atoms with Crippen molar-refractivity contribution in [3.8, 4) is 11.5 Å². The van der Waals surface area contributed by atoms with Gasteiger partial charge in [-0.3, -0.25) is 13.9 Å². The number of methoxy groups -OCH3 is 1. The molecule has 0 heterocycles. The highest BCUT2D eigenvalue weighted by Crippen LogP contribution is 2.33. The lowest BCUT2D eigenvalue weighted by atomic mass is 10.1. The lowest BCUT2D eigenvalue weighted by molar-refractivity contribution is -0.139. The fourth-order valence-corrected chi connectivity index (χ4v) is 5.61. The summed E-state index contributed by atoms with van der Waals surface area (Å²) in [6.45, 7) is 5.31. The molecule has 0 spiro atoms. The van der Waals surface area contributed by atoms with Gasteiger partial charge in [0, 0.05) is 18.1 Å². The Labute approximate surface area is 240 Å². The quantitative estimate of drug-likeness (QED) is 0.316. The molecule has 0 aliphatic heterocycles. The fraction of sp³-hybridized carbons (Fsp3) is 0.310. The first-order valence-electron chi connectivity index (χ1n) is 12.8. The van der Waals surface area contributed by atoms with E-state index in [2.05, 4.69) is 5.32 Å². The van der Waals surface area contributed by atoms with E-state index in [-0.39, 0.29) is 29.6 Å². The predicted octanol–water partition coefficient (Wildman–Crippen LogP) is 4.50. The van der Waals surface area contributed by atoms with Crippen molar-refractivity contribution in [2.24, 2.45) is 0 Å². The van der Waals surface area contributed by atoms with Gasteiger partial charge in [-0.25, -0.2) is 8.42 Å². The lowest BCUT2D eigenvalue weighted by Gasteiger charge is -2.32. The number of benzene rings is 3. The van der Waals surface area contributed by atoms with Gasteiger partial charge in [0.15, 0.2) is 0 Å². The van der Waals surface area contributed by atoms with Gasteiger partial charge in [0.25, 0.3) is 10.0 Å². The zero-order valence-corrected chi connectivity index (χ0v) is 24.5. The molecular weight excluding hydrogens is 554 g/mol. The predicted molar refractivity (Wildman–Crippen MR) is 155 cm³/mol. The van der Waals surface area contributed by atoms with E-state index in [1.54, 1.807) is 69.3 Å². The molecule has 0 saturated heterocycles. The standard InChI is InChI=1S/C29H34ClN3O6S/c1-5-31-29(35)21(3)32(19-22-10-9-11-24(18-22)38-4)28(34)20-33(26-12-7-8-13-27(26)39-6-2)40(36,37)25-16-14-23(30)15-17-25/h7-18,21H,5-6,19-20H2,1-4H3,(H,31,35)/t21-/m0/s1. The summed E-state index contributed by atoms with van der Waals surface area (Å²) in [4.78, 5) is 28.1. The van der Waals surface area contributed by atoms with Crippen molar-refractivity contribution in [2.75, 3.05) is 31.1 Å². The minimum atomic E-state index is -4.25. The number of sulfonamides is 1. The van der Waals surface area contributed by atoms with Gasteiger partial charge in [0.05, 0.1) is 24.3 Å². The van der Waals surface area contributed by atoms with Gasteiger partial charge in [0.2, 0.25) is 11.8 Å². The molecule has 3 aromatic carbocycles. The minimum Gasteiger partial charge on any atom is -0.497 e. The Morgan fingerprint density at radius 2 is 1.70 bits per heavy atom. The average molecular weight is 588 g/mol. The van der Waals surface area contributed by atoms with Crippen LogP contribution in [0.5, 0.6) is 11.5 Å². The highest BCUT2D eigenvalue weighted by atomic mass is 35.5. The zero-order valence-electron chi connectivity index (χ0n) is 23.0. The third kappa shape index (κ3) is 7.45. The van der Waals surface area contributed by atoms with Crippen LogP contribution in [0.1, 0.15) is 26.3 Å². The van der Waals surface area contributed by atoms with Gasteiger partial charge in [-0.1, -0.05) is 35.9 Å². The van der Waals surface area contributed by atoms with Crippen molar-refractivity contribution in [3.05, 3.63) is 83.4 Å². The van der Waals surface area contributed by atoms with Crippen LogP contribution >= 0.6 is 11.6 Å². The summed E-state index contributed by atoms with van der Waals surface area (Å²) < 4.78 is 40.0. The first kappa shape index (κ1) is 30.8. The normalized spacial score (nSPS) is 11.8. The third-order valence-electron chi connectivity index (χ3n) is 6.12. The van der Waals surface area contributed by atoms with E-state index < -0.39 is 28.5 Å². The van der Waals surface area contributed by atoms with E-state index in [4.69, 9.17) is 21.1 Å². The number of nitrogens with one attached hydrogen (secondary N) is 1. The molecule has 1 atom stereocenters. The number of nitrogens with zero attached hydrogens (tertiary/aromatic N) is 2. The van der Waals surface area contributed by atoms with E-state index >= 15 is 0 Å². The van der Waals surface area contributed by atoms with E-state index in [1.165, 1.54) is 36.3 Å². The molecule has 0 aliphatic carbocycles. The number of para-hydroxylation sites is 2. The monoisotopic (exact) mass is 587 g/mol. The Kier molecular flexibility index (Phi) is 10.8. The molecule has 11 heteroatoms. The maximum Gasteiger partial charge on any atom is 0.264 e. The summed E-state index contributed by atoms with van der Waals surface area (Å²) in [5.41, 5.74) is 0.908. The molecule has 0 bridgehead atoms. The van der Waals surface area contributed by atoms with Crippen LogP contribution < -0.4 is 19.1 Å². The van der Waals surface area contributed by atoms with Gasteiger partial charge in [-0.05, 0) is 74.9 Å². The Morgan fingerprint density at radius 1 is 1.00 bits per heavy atom. The van der Waals surface area contributed by atoms with Gasteiger partial charge in [0.1, 0.15) is 24.1 Å². The van der Waals surface area contributed by atoms with E-state index in [0.29, 0.717) is 28.6 Å². The van der Waals surface area contributed by atoms with Crippen molar-refractivity contribution in [3.63, 3.8) is 0 Å². The highest BCUT2D eigenvalue weighted by molar-refractivity contribution is 7.92. The van der Waals surface area contributed by atoms with Crippen LogP contribution in [0.2, 0.25) is 5.02 Å². The number of carbonyl (C=O) groups excluding carboxylic acids is 2. The van der Waals surface area contributed by atoms with Crippen LogP contribution in [-0.2, 0) is 26.2 Å².